The molecule has 7 heteroatoms. The van der Waals surface area contributed by atoms with Crippen molar-refractivity contribution in [3.63, 3.8) is 0 Å². The van der Waals surface area contributed by atoms with E-state index in [-0.39, 0.29) is 17.1 Å². The van der Waals surface area contributed by atoms with Crippen LogP contribution in [-0.4, -0.2) is 16.5 Å². The van der Waals surface area contributed by atoms with Gasteiger partial charge >= 0.3 is 6.36 Å². The summed E-state index contributed by atoms with van der Waals surface area (Å²) in [6, 6.07) is 0. The van der Waals surface area contributed by atoms with Gasteiger partial charge in [0, 0.05) is 11.3 Å². The van der Waals surface area contributed by atoms with E-state index in [0.717, 1.165) is 6.20 Å². The van der Waals surface area contributed by atoms with Crippen molar-refractivity contribution in [3.8, 4) is 11.5 Å². The van der Waals surface area contributed by atoms with Gasteiger partial charge in [-0.2, -0.15) is 0 Å². The van der Waals surface area contributed by atoms with E-state index in [4.69, 9.17) is 16.7 Å². The molecule has 1 N–H and O–H groups in total. The van der Waals surface area contributed by atoms with Crippen molar-refractivity contribution >= 4 is 11.6 Å². The first-order valence-electron chi connectivity index (χ1n) is 3.84. The lowest BCUT2D eigenvalue weighted by Gasteiger charge is -2.14. The Morgan fingerprint density at radius 2 is 2.13 bits per heavy atom. The first-order valence-corrected chi connectivity index (χ1v) is 4.37. The molecule has 0 radical (unpaired) electrons. The van der Waals surface area contributed by atoms with E-state index in [2.05, 4.69) is 9.72 Å². The van der Waals surface area contributed by atoms with Crippen molar-refractivity contribution < 1.29 is 23.0 Å². The average Bonchev–Trinajstić information content (AvgIpc) is 2.10. The number of ether oxygens (including phenoxy) is 1. The Bertz CT molecular complexity index is 368. The maximum Gasteiger partial charge on any atom is 0.573 e. The molecular weight excluding hydrogens is 235 g/mol. The van der Waals surface area contributed by atoms with Gasteiger partial charge in [-0.15, -0.1) is 24.8 Å². The quantitative estimate of drug-likeness (QED) is 0.810. The van der Waals surface area contributed by atoms with Crippen molar-refractivity contribution in [1.29, 1.82) is 0 Å². The Balaban J connectivity index is 3.20. The zero-order valence-electron chi connectivity index (χ0n) is 7.60. The van der Waals surface area contributed by atoms with E-state index in [9.17, 15) is 13.2 Å². The lowest BCUT2D eigenvalue weighted by molar-refractivity contribution is -0.275. The molecule has 1 aromatic rings. The van der Waals surface area contributed by atoms with Gasteiger partial charge in [-0.25, -0.2) is 0 Å². The zero-order valence-corrected chi connectivity index (χ0v) is 8.35. The van der Waals surface area contributed by atoms with Crippen LogP contribution in [0.15, 0.2) is 6.20 Å². The first-order chi connectivity index (χ1) is 6.85. The summed E-state index contributed by atoms with van der Waals surface area (Å²) in [5.74, 6) is -1.60. The van der Waals surface area contributed by atoms with E-state index in [1.807, 2.05) is 0 Å². The Hall–Kier alpha value is -1.17. The van der Waals surface area contributed by atoms with Crippen molar-refractivity contribution in [1.82, 2.24) is 4.98 Å². The lowest BCUT2D eigenvalue weighted by atomic mass is 10.2. The number of alkyl halides is 4. The van der Waals surface area contributed by atoms with Gasteiger partial charge in [-0.3, -0.25) is 4.98 Å². The monoisotopic (exact) mass is 241 g/mol. The molecule has 0 amide bonds. The number of hydrogen-bond acceptors (Lipinski definition) is 3. The SMILES string of the molecule is Cc1ncc(O)c(OC(F)(F)F)c1CCl. The van der Waals surface area contributed by atoms with Crippen molar-refractivity contribution in [2.75, 3.05) is 0 Å². The highest BCUT2D eigenvalue weighted by molar-refractivity contribution is 6.17. The molecule has 0 aromatic carbocycles. The first kappa shape index (κ1) is 11.9. The van der Waals surface area contributed by atoms with Gasteiger partial charge in [0.05, 0.1) is 12.1 Å². The number of rotatable bonds is 2. The minimum Gasteiger partial charge on any atom is -0.503 e. The van der Waals surface area contributed by atoms with E-state index >= 15 is 0 Å². The van der Waals surface area contributed by atoms with Crippen LogP contribution >= 0.6 is 11.6 Å². The molecule has 84 valence electrons. The summed E-state index contributed by atoms with van der Waals surface area (Å²) in [6.07, 6.45) is -3.99. The van der Waals surface area contributed by atoms with Gasteiger partial charge in [0.1, 0.15) is 0 Å². The van der Waals surface area contributed by atoms with Gasteiger partial charge in [-0.05, 0) is 6.92 Å². The topological polar surface area (TPSA) is 42.4 Å². The molecule has 15 heavy (non-hydrogen) atoms. The molecule has 3 nitrogen and oxygen atoms in total. The van der Waals surface area contributed by atoms with E-state index in [1.165, 1.54) is 6.92 Å². The Morgan fingerprint density at radius 1 is 1.53 bits per heavy atom. The third-order valence-electron chi connectivity index (χ3n) is 1.68. The molecule has 1 heterocycles. The highest BCUT2D eigenvalue weighted by atomic mass is 35.5. The number of aryl methyl sites for hydroxylation is 1. The molecule has 0 bridgehead atoms. The fraction of sp³-hybridized carbons (Fsp3) is 0.375. The van der Waals surface area contributed by atoms with Gasteiger partial charge in [0.25, 0.3) is 0 Å². The number of pyridine rings is 1. The van der Waals surface area contributed by atoms with Gasteiger partial charge < -0.3 is 9.84 Å². The van der Waals surface area contributed by atoms with Gasteiger partial charge in [0.15, 0.2) is 11.5 Å². The number of aromatic nitrogens is 1. The second-order valence-electron chi connectivity index (χ2n) is 2.72. The Kier molecular flexibility index (Phi) is 3.28. The Labute approximate surface area is 88.5 Å². The molecule has 0 unspecified atom stereocenters. The van der Waals surface area contributed by atoms with E-state index < -0.39 is 17.9 Å². The zero-order chi connectivity index (χ0) is 11.6. The molecule has 0 aliphatic rings. The van der Waals surface area contributed by atoms with Gasteiger partial charge in [-0.1, -0.05) is 0 Å². The summed E-state index contributed by atoms with van der Waals surface area (Å²) in [4.78, 5) is 3.66. The number of halogens is 4. The maximum atomic E-state index is 12.0. The summed E-state index contributed by atoms with van der Waals surface area (Å²) >= 11 is 5.44. The van der Waals surface area contributed by atoms with Crippen LogP contribution in [0.5, 0.6) is 11.5 Å². The molecule has 0 atom stereocenters. The summed E-state index contributed by atoms with van der Waals surface area (Å²) in [5, 5.41) is 9.16. The van der Waals surface area contributed by atoms with Crippen LogP contribution in [0.25, 0.3) is 0 Å². The summed E-state index contributed by atoms with van der Waals surface area (Å²) in [6.45, 7) is 1.47. The van der Waals surface area contributed by atoms with Crippen LogP contribution in [0, 0.1) is 6.92 Å². The second kappa shape index (κ2) is 4.14. The van der Waals surface area contributed by atoms with Gasteiger partial charge in [0.2, 0.25) is 0 Å². The number of hydrogen-bond donors (Lipinski definition) is 1. The maximum absolute atomic E-state index is 12.0. The number of aromatic hydroxyl groups is 1. The fourth-order valence-electron chi connectivity index (χ4n) is 1.00. The minimum absolute atomic E-state index is 0.0222. The molecule has 0 aliphatic heterocycles. The van der Waals surface area contributed by atoms with Crippen LogP contribution in [-0.2, 0) is 5.88 Å². The molecule has 1 rings (SSSR count). The van der Waals surface area contributed by atoms with Crippen molar-refractivity contribution in [2.45, 2.75) is 19.2 Å². The molecule has 0 aliphatic carbocycles. The van der Waals surface area contributed by atoms with E-state index in [1.54, 1.807) is 0 Å². The predicted molar refractivity (Wildman–Crippen MR) is 46.9 cm³/mol. The predicted octanol–water partition coefficient (Wildman–Crippen LogP) is 2.73. The highest BCUT2D eigenvalue weighted by Crippen LogP contribution is 2.36. The Morgan fingerprint density at radius 3 is 2.60 bits per heavy atom. The molecule has 0 spiro atoms. The second-order valence-corrected chi connectivity index (χ2v) is 2.99. The molecule has 0 saturated carbocycles. The highest BCUT2D eigenvalue weighted by Gasteiger charge is 2.33. The molecule has 0 saturated heterocycles. The molecule has 0 fully saturated rings. The third kappa shape index (κ3) is 2.89. The molecular formula is C8H7ClF3NO2. The average molecular weight is 242 g/mol. The van der Waals surface area contributed by atoms with Crippen LogP contribution in [0.3, 0.4) is 0 Å². The summed E-state index contributed by atoms with van der Waals surface area (Å²) in [7, 11) is 0. The minimum atomic E-state index is -4.87. The van der Waals surface area contributed by atoms with Crippen LogP contribution in [0.2, 0.25) is 0 Å². The molecule has 1 aromatic heterocycles. The fourth-order valence-corrected chi connectivity index (χ4v) is 1.32. The number of nitrogens with zero attached hydrogens (tertiary/aromatic N) is 1. The lowest BCUT2D eigenvalue weighted by Crippen LogP contribution is -2.18. The summed E-state index contributed by atoms with van der Waals surface area (Å²) in [5.41, 5.74) is 0.302. The van der Waals surface area contributed by atoms with Crippen molar-refractivity contribution in [2.24, 2.45) is 0 Å². The van der Waals surface area contributed by atoms with Crippen LogP contribution < -0.4 is 4.74 Å². The van der Waals surface area contributed by atoms with E-state index in [0.29, 0.717) is 0 Å². The van der Waals surface area contributed by atoms with Crippen molar-refractivity contribution in [3.05, 3.63) is 17.5 Å². The normalized spacial score (nSPS) is 11.5. The van der Waals surface area contributed by atoms with Crippen LogP contribution in [0.4, 0.5) is 13.2 Å². The summed E-state index contributed by atoms with van der Waals surface area (Å²) < 4.78 is 39.6. The standard InChI is InChI=1S/C8H7ClF3NO2/c1-4-5(2-9)7(6(14)3-13-4)15-8(10,11)12/h3,14H,2H2,1H3. The smallest absolute Gasteiger partial charge is 0.503 e. The third-order valence-corrected chi connectivity index (χ3v) is 1.94. The largest absolute Gasteiger partial charge is 0.573 e. The van der Waals surface area contributed by atoms with Crippen LogP contribution in [0.1, 0.15) is 11.3 Å².